The Kier molecular flexibility index (Phi) is 6.16. The van der Waals surface area contributed by atoms with Gasteiger partial charge in [-0.3, -0.25) is 4.79 Å². The van der Waals surface area contributed by atoms with Gasteiger partial charge in [0.2, 0.25) is 0 Å². The van der Waals surface area contributed by atoms with Crippen LogP contribution < -0.4 is 10.1 Å². The van der Waals surface area contributed by atoms with E-state index in [1.165, 1.54) is 0 Å². The van der Waals surface area contributed by atoms with Gasteiger partial charge in [0.05, 0.1) is 20.3 Å². The highest BCUT2D eigenvalue weighted by molar-refractivity contribution is 7.21. The second-order valence-corrected chi connectivity index (χ2v) is 8.79. The third-order valence-electron chi connectivity index (χ3n) is 4.33. The van der Waals surface area contributed by atoms with Crippen molar-refractivity contribution in [3.05, 3.63) is 75.7 Å². The van der Waals surface area contributed by atoms with Crippen molar-refractivity contribution in [3.63, 3.8) is 0 Å². The molecule has 0 aliphatic carbocycles. The van der Waals surface area contributed by atoms with E-state index in [1.54, 1.807) is 48.6 Å². The molecule has 0 radical (unpaired) electrons. The first-order chi connectivity index (χ1) is 14.4. The lowest BCUT2D eigenvalue weighted by Gasteiger charge is -2.16. The van der Waals surface area contributed by atoms with Crippen LogP contribution in [0.3, 0.4) is 0 Å². The van der Waals surface area contributed by atoms with Gasteiger partial charge in [0.15, 0.2) is 6.10 Å². The Bertz CT molecular complexity index is 1210. The Hall–Kier alpha value is -2.31. The molecule has 1 N–H and O–H groups in total. The Balaban J connectivity index is 1.48. The van der Waals surface area contributed by atoms with E-state index in [0.29, 0.717) is 26.5 Å². The lowest BCUT2D eigenvalue weighted by molar-refractivity contribution is -0.122. The summed E-state index contributed by atoms with van der Waals surface area (Å²) in [5.74, 6) is 0.0535. The van der Waals surface area contributed by atoms with Crippen molar-refractivity contribution in [2.75, 3.05) is 5.32 Å². The molecule has 0 aliphatic rings. The van der Waals surface area contributed by atoms with Crippen molar-refractivity contribution in [2.45, 2.75) is 13.0 Å². The number of halogens is 3. The predicted molar refractivity (Wildman–Crippen MR) is 125 cm³/mol. The van der Waals surface area contributed by atoms with E-state index in [1.807, 2.05) is 30.3 Å². The molecule has 1 heterocycles. The van der Waals surface area contributed by atoms with Crippen LogP contribution in [0.15, 0.2) is 60.7 Å². The number of fused-ring (bicyclic) bond motifs is 1. The number of amides is 1. The third-order valence-corrected chi connectivity index (χ3v) is 6.24. The quantitative estimate of drug-likeness (QED) is 0.327. The van der Waals surface area contributed by atoms with E-state index in [9.17, 15) is 4.79 Å². The van der Waals surface area contributed by atoms with Crippen molar-refractivity contribution in [3.8, 4) is 16.3 Å². The van der Waals surface area contributed by atoms with Crippen molar-refractivity contribution >= 4 is 68.0 Å². The van der Waals surface area contributed by atoms with Gasteiger partial charge in [0, 0.05) is 16.3 Å². The van der Waals surface area contributed by atoms with Crippen molar-refractivity contribution in [1.82, 2.24) is 4.98 Å². The molecule has 1 aromatic heterocycles. The zero-order valence-corrected chi connectivity index (χ0v) is 18.7. The zero-order valence-electron chi connectivity index (χ0n) is 15.7. The molecule has 8 heteroatoms. The highest BCUT2D eigenvalue weighted by Gasteiger charge is 2.18. The average Bonchev–Trinajstić information content (AvgIpc) is 3.14. The highest BCUT2D eigenvalue weighted by Crippen LogP contribution is 2.35. The summed E-state index contributed by atoms with van der Waals surface area (Å²) in [5.41, 5.74) is 2.30. The van der Waals surface area contributed by atoms with E-state index in [0.717, 1.165) is 20.8 Å². The molecular formula is C22H15Cl3N2O2S. The van der Waals surface area contributed by atoms with Crippen LogP contribution in [0.1, 0.15) is 6.92 Å². The van der Waals surface area contributed by atoms with Crippen LogP contribution in [0, 0.1) is 0 Å². The van der Waals surface area contributed by atoms with E-state index in [4.69, 9.17) is 39.5 Å². The van der Waals surface area contributed by atoms with E-state index < -0.39 is 6.10 Å². The molecule has 1 amide bonds. The standard InChI is InChI=1S/C22H15Cl3N2O2S/c1-12(29-19-9-6-13(23)10-17(19)25)21(28)26-14-7-8-15(16(24)11-14)22-27-18-4-2-3-5-20(18)30-22/h2-12H,1H3,(H,26,28). The molecule has 0 saturated heterocycles. The number of aromatic nitrogens is 1. The lowest BCUT2D eigenvalue weighted by atomic mass is 10.2. The SMILES string of the molecule is CC(Oc1ccc(Cl)cc1Cl)C(=O)Nc1ccc(-c2nc3ccccc3s2)c(Cl)c1. The fourth-order valence-electron chi connectivity index (χ4n) is 2.81. The molecule has 4 nitrogen and oxygen atoms in total. The Labute approximate surface area is 192 Å². The fourth-order valence-corrected chi connectivity index (χ4v) is 4.60. The van der Waals surface area contributed by atoms with Gasteiger partial charge in [-0.2, -0.15) is 0 Å². The number of carbonyl (C=O) groups excluding carboxylic acids is 1. The number of rotatable bonds is 5. The second-order valence-electron chi connectivity index (χ2n) is 6.51. The monoisotopic (exact) mass is 476 g/mol. The number of benzene rings is 3. The van der Waals surface area contributed by atoms with Crippen molar-refractivity contribution < 1.29 is 9.53 Å². The Morgan fingerprint density at radius 2 is 1.83 bits per heavy atom. The molecule has 4 aromatic rings. The fraction of sp³-hybridized carbons (Fsp3) is 0.0909. The largest absolute Gasteiger partial charge is 0.479 e. The topological polar surface area (TPSA) is 51.2 Å². The van der Waals surface area contributed by atoms with Gasteiger partial charge in [-0.05, 0) is 55.5 Å². The molecule has 0 saturated carbocycles. The van der Waals surface area contributed by atoms with E-state index in [-0.39, 0.29) is 5.91 Å². The number of nitrogens with one attached hydrogen (secondary N) is 1. The van der Waals surface area contributed by atoms with Gasteiger partial charge >= 0.3 is 0 Å². The maximum atomic E-state index is 12.5. The van der Waals surface area contributed by atoms with Crippen LogP contribution in [0.5, 0.6) is 5.75 Å². The first-order valence-corrected chi connectivity index (χ1v) is 10.9. The number of thiazole rings is 1. The first-order valence-electron chi connectivity index (χ1n) is 8.99. The van der Waals surface area contributed by atoms with Crippen molar-refractivity contribution in [1.29, 1.82) is 0 Å². The Morgan fingerprint density at radius 3 is 2.57 bits per heavy atom. The molecule has 3 aromatic carbocycles. The van der Waals surface area contributed by atoms with E-state index in [2.05, 4.69) is 10.3 Å². The molecule has 152 valence electrons. The molecular weight excluding hydrogens is 463 g/mol. The van der Waals surface area contributed by atoms with E-state index >= 15 is 0 Å². The Morgan fingerprint density at radius 1 is 1.03 bits per heavy atom. The minimum absolute atomic E-state index is 0.329. The number of hydrogen-bond donors (Lipinski definition) is 1. The molecule has 4 rings (SSSR count). The molecule has 30 heavy (non-hydrogen) atoms. The smallest absolute Gasteiger partial charge is 0.265 e. The van der Waals surface area contributed by atoms with Crippen LogP contribution in [0.2, 0.25) is 15.1 Å². The summed E-state index contributed by atoms with van der Waals surface area (Å²) in [4.78, 5) is 17.1. The summed E-state index contributed by atoms with van der Waals surface area (Å²) in [6, 6.07) is 18.1. The summed E-state index contributed by atoms with van der Waals surface area (Å²) in [7, 11) is 0. The molecule has 1 atom stereocenters. The number of anilines is 1. The predicted octanol–water partition coefficient (Wildman–Crippen LogP) is 7.33. The lowest BCUT2D eigenvalue weighted by Crippen LogP contribution is -2.30. The number of para-hydroxylation sites is 1. The summed E-state index contributed by atoms with van der Waals surface area (Å²) < 4.78 is 6.74. The third kappa shape index (κ3) is 4.55. The van der Waals surface area contributed by atoms with Crippen LogP contribution in [0.4, 0.5) is 5.69 Å². The molecule has 0 aliphatic heterocycles. The molecule has 0 bridgehead atoms. The number of carbonyl (C=O) groups is 1. The van der Waals surface area contributed by atoms with Gasteiger partial charge in [0.25, 0.3) is 5.91 Å². The maximum absolute atomic E-state index is 12.5. The summed E-state index contributed by atoms with van der Waals surface area (Å²) in [6.45, 7) is 1.64. The van der Waals surface area contributed by atoms with Gasteiger partial charge in [0.1, 0.15) is 10.8 Å². The molecule has 1 unspecified atom stereocenters. The minimum Gasteiger partial charge on any atom is -0.479 e. The summed E-state index contributed by atoms with van der Waals surface area (Å²) >= 11 is 20.0. The molecule has 0 fully saturated rings. The second kappa shape index (κ2) is 8.82. The van der Waals surface area contributed by atoms with Crippen LogP contribution >= 0.6 is 46.1 Å². The zero-order chi connectivity index (χ0) is 21.3. The van der Waals surface area contributed by atoms with Gasteiger partial charge in [-0.1, -0.05) is 46.9 Å². The molecule has 0 spiro atoms. The number of nitrogens with zero attached hydrogens (tertiary/aromatic N) is 1. The van der Waals surface area contributed by atoms with Crippen LogP contribution in [-0.2, 0) is 4.79 Å². The summed E-state index contributed by atoms with van der Waals surface area (Å²) in [5, 5.41) is 4.96. The van der Waals surface area contributed by atoms with Gasteiger partial charge in [-0.15, -0.1) is 11.3 Å². The number of ether oxygens (including phenoxy) is 1. The minimum atomic E-state index is -0.772. The van der Waals surface area contributed by atoms with Gasteiger partial charge in [-0.25, -0.2) is 4.98 Å². The van der Waals surface area contributed by atoms with Crippen LogP contribution in [0.25, 0.3) is 20.8 Å². The first kappa shape index (κ1) is 20.9. The highest BCUT2D eigenvalue weighted by atomic mass is 35.5. The average molecular weight is 478 g/mol. The van der Waals surface area contributed by atoms with Crippen LogP contribution in [-0.4, -0.2) is 17.0 Å². The van der Waals surface area contributed by atoms with Crippen molar-refractivity contribution in [2.24, 2.45) is 0 Å². The van der Waals surface area contributed by atoms with Gasteiger partial charge < -0.3 is 10.1 Å². The normalized spacial score (nSPS) is 12.0. The summed E-state index contributed by atoms with van der Waals surface area (Å²) in [6.07, 6.45) is -0.772. The number of hydrogen-bond acceptors (Lipinski definition) is 4. The maximum Gasteiger partial charge on any atom is 0.265 e.